The maximum absolute atomic E-state index is 15.7. The summed E-state index contributed by atoms with van der Waals surface area (Å²) in [5.41, 5.74) is 2.26. The first-order valence-corrected chi connectivity index (χ1v) is 10.9. The number of aryl methyl sites for hydroxylation is 1. The molecule has 2 atom stereocenters. The van der Waals surface area contributed by atoms with Gasteiger partial charge in [0.25, 0.3) is 5.91 Å². The maximum atomic E-state index is 15.7. The lowest BCUT2D eigenvalue weighted by atomic mass is 10.0. The van der Waals surface area contributed by atoms with Crippen LogP contribution in [0.4, 0.5) is 40.9 Å². The molecule has 8 nitrogen and oxygen atoms in total. The molecule has 1 saturated heterocycles. The molecule has 3 N–H and O–H groups in total. The van der Waals surface area contributed by atoms with Crippen LogP contribution in [0.5, 0.6) is 0 Å². The van der Waals surface area contributed by atoms with Crippen molar-refractivity contribution in [1.29, 1.82) is 0 Å². The van der Waals surface area contributed by atoms with E-state index in [0.29, 0.717) is 11.0 Å². The van der Waals surface area contributed by atoms with E-state index < -0.39 is 95.4 Å². The molecule has 2 amide bonds. The predicted molar refractivity (Wildman–Crippen MR) is 116 cm³/mol. The van der Waals surface area contributed by atoms with Gasteiger partial charge in [0.05, 0.1) is 29.4 Å². The van der Waals surface area contributed by atoms with E-state index in [1.54, 1.807) is 0 Å². The standard InChI is InChI=1S/C22H18F8N6O2/c1-9-2-3-10(14-4-11(22(28,29)30)18-19(31)32-8-33-36(14)18)17(24)16(9)20(38)34-13-7-35(6-12(13)23)15(37)5-21(25,26)27/h2-4,8,12-13H,5-7H2,1H3,(H,34,38)(H2,31,32,33)/t12-,13+/m0/s1. The number of hydrogen-bond donors (Lipinski definition) is 2. The Bertz CT molecular complexity index is 1420. The van der Waals surface area contributed by atoms with Crippen molar-refractivity contribution in [2.75, 3.05) is 18.8 Å². The van der Waals surface area contributed by atoms with E-state index in [9.17, 15) is 40.3 Å². The number of amides is 2. The Labute approximate surface area is 208 Å². The molecule has 0 bridgehead atoms. The van der Waals surface area contributed by atoms with Gasteiger partial charge in [0.1, 0.15) is 30.3 Å². The van der Waals surface area contributed by atoms with E-state index in [4.69, 9.17) is 5.73 Å². The summed E-state index contributed by atoms with van der Waals surface area (Å²) in [7, 11) is 0. The summed E-state index contributed by atoms with van der Waals surface area (Å²) in [6, 6.07) is 1.51. The van der Waals surface area contributed by atoms with Crippen LogP contribution in [-0.4, -0.2) is 62.8 Å². The number of rotatable bonds is 4. The second-order valence-electron chi connectivity index (χ2n) is 8.65. The summed E-state index contributed by atoms with van der Waals surface area (Å²) >= 11 is 0. The van der Waals surface area contributed by atoms with Crippen LogP contribution in [0.3, 0.4) is 0 Å². The van der Waals surface area contributed by atoms with Crippen molar-refractivity contribution in [3.05, 3.63) is 47.0 Å². The van der Waals surface area contributed by atoms with Crippen molar-refractivity contribution < 1.29 is 44.7 Å². The van der Waals surface area contributed by atoms with Gasteiger partial charge in [0.15, 0.2) is 5.82 Å². The fourth-order valence-electron chi connectivity index (χ4n) is 4.25. The molecule has 0 saturated carbocycles. The van der Waals surface area contributed by atoms with E-state index in [1.165, 1.54) is 13.0 Å². The number of carbonyl (C=O) groups excluding carboxylic acids is 2. The van der Waals surface area contributed by atoms with Crippen LogP contribution in [0.2, 0.25) is 0 Å². The molecule has 3 aromatic rings. The smallest absolute Gasteiger partial charge is 0.382 e. The molecular formula is C22H18F8N6O2. The maximum Gasteiger partial charge on any atom is 0.418 e. The summed E-state index contributed by atoms with van der Waals surface area (Å²) in [5, 5.41) is 5.89. The van der Waals surface area contributed by atoms with Crippen molar-refractivity contribution >= 4 is 23.1 Å². The first-order chi connectivity index (χ1) is 17.6. The molecule has 3 heterocycles. The van der Waals surface area contributed by atoms with E-state index in [0.717, 1.165) is 16.9 Å². The van der Waals surface area contributed by atoms with E-state index >= 15 is 4.39 Å². The molecule has 1 aliphatic rings. The quantitative estimate of drug-likeness (QED) is 0.483. The summed E-state index contributed by atoms with van der Waals surface area (Å²) in [5.74, 6) is -4.34. The number of benzene rings is 1. The summed E-state index contributed by atoms with van der Waals surface area (Å²) in [4.78, 5) is 28.8. The fraction of sp³-hybridized carbons (Fsp3) is 0.364. The molecule has 0 aliphatic carbocycles. The monoisotopic (exact) mass is 550 g/mol. The SMILES string of the molecule is Cc1ccc(-c2cc(C(F)(F)F)c3c(N)ncnn23)c(F)c1C(=O)N[C@@H]1CN(C(=O)CC(F)(F)F)C[C@@H]1F. The summed E-state index contributed by atoms with van der Waals surface area (Å²) < 4.78 is 109. The van der Waals surface area contributed by atoms with Gasteiger partial charge in [0, 0.05) is 12.1 Å². The van der Waals surface area contributed by atoms with Crippen molar-refractivity contribution in [2.45, 2.75) is 37.9 Å². The largest absolute Gasteiger partial charge is 0.418 e. The number of carbonyl (C=O) groups is 2. The van der Waals surface area contributed by atoms with E-state index in [2.05, 4.69) is 15.4 Å². The van der Waals surface area contributed by atoms with Crippen molar-refractivity contribution in [1.82, 2.24) is 24.8 Å². The third-order valence-electron chi connectivity index (χ3n) is 6.01. The van der Waals surface area contributed by atoms with Crippen molar-refractivity contribution in [3.8, 4) is 11.3 Å². The lowest BCUT2D eigenvalue weighted by molar-refractivity contribution is -0.160. The molecule has 16 heteroatoms. The van der Waals surface area contributed by atoms with Gasteiger partial charge >= 0.3 is 12.4 Å². The zero-order valence-electron chi connectivity index (χ0n) is 19.3. The third kappa shape index (κ3) is 5.06. The van der Waals surface area contributed by atoms with Crippen molar-refractivity contribution in [2.24, 2.45) is 0 Å². The molecule has 1 aliphatic heterocycles. The summed E-state index contributed by atoms with van der Waals surface area (Å²) in [6.07, 6.45) is -12.6. The van der Waals surface area contributed by atoms with Gasteiger partial charge in [0.2, 0.25) is 5.91 Å². The Morgan fingerprint density at radius 1 is 1.16 bits per heavy atom. The molecule has 1 aromatic carbocycles. The number of likely N-dealkylation sites (tertiary alicyclic amines) is 1. The van der Waals surface area contributed by atoms with Crippen LogP contribution in [0.25, 0.3) is 16.8 Å². The lowest BCUT2D eigenvalue weighted by Gasteiger charge is -2.18. The predicted octanol–water partition coefficient (Wildman–Crippen LogP) is 3.68. The minimum Gasteiger partial charge on any atom is -0.382 e. The number of nitrogen functional groups attached to an aromatic ring is 1. The van der Waals surface area contributed by atoms with Gasteiger partial charge in [-0.3, -0.25) is 9.59 Å². The Morgan fingerprint density at radius 2 is 1.84 bits per heavy atom. The molecule has 4 rings (SSSR count). The van der Waals surface area contributed by atoms with Crippen molar-refractivity contribution in [3.63, 3.8) is 0 Å². The fourth-order valence-corrected chi connectivity index (χ4v) is 4.25. The second-order valence-corrected chi connectivity index (χ2v) is 8.65. The Morgan fingerprint density at radius 3 is 2.47 bits per heavy atom. The Kier molecular flexibility index (Phi) is 6.69. The number of nitrogens with one attached hydrogen (secondary N) is 1. The van der Waals surface area contributed by atoms with Crippen LogP contribution in [0, 0.1) is 12.7 Å². The Balaban J connectivity index is 1.67. The van der Waals surface area contributed by atoms with Gasteiger partial charge in [-0.15, -0.1) is 0 Å². The van der Waals surface area contributed by atoms with Gasteiger partial charge in [-0.25, -0.2) is 18.3 Å². The molecule has 38 heavy (non-hydrogen) atoms. The van der Waals surface area contributed by atoms with Crippen LogP contribution < -0.4 is 11.1 Å². The minimum absolute atomic E-state index is 0.0354. The van der Waals surface area contributed by atoms with Gasteiger partial charge < -0.3 is 16.0 Å². The van der Waals surface area contributed by atoms with Gasteiger partial charge in [-0.1, -0.05) is 6.07 Å². The topological polar surface area (TPSA) is 106 Å². The number of aromatic nitrogens is 3. The van der Waals surface area contributed by atoms with Crippen LogP contribution in [0.15, 0.2) is 24.5 Å². The second kappa shape index (κ2) is 9.40. The number of hydrogen-bond acceptors (Lipinski definition) is 5. The normalized spacial score (nSPS) is 18.3. The zero-order chi connectivity index (χ0) is 28.2. The van der Waals surface area contributed by atoms with Crippen LogP contribution in [-0.2, 0) is 11.0 Å². The Hall–Kier alpha value is -3.98. The highest BCUT2D eigenvalue weighted by atomic mass is 19.4. The summed E-state index contributed by atoms with van der Waals surface area (Å²) in [6.45, 7) is 0.0234. The molecule has 0 radical (unpaired) electrons. The highest BCUT2D eigenvalue weighted by molar-refractivity contribution is 5.98. The average Bonchev–Trinajstić information content (AvgIpc) is 3.35. The van der Waals surface area contributed by atoms with Crippen LogP contribution >= 0.6 is 0 Å². The first-order valence-electron chi connectivity index (χ1n) is 10.9. The number of halogens is 8. The lowest BCUT2D eigenvalue weighted by Crippen LogP contribution is -2.42. The zero-order valence-corrected chi connectivity index (χ0v) is 19.3. The number of alkyl halides is 7. The highest BCUT2D eigenvalue weighted by Crippen LogP contribution is 2.39. The van der Waals surface area contributed by atoms with Crippen LogP contribution in [0.1, 0.15) is 27.9 Å². The molecule has 2 aromatic heterocycles. The molecule has 204 valence electrons. The van der Waals surface area contributed by atoms with Gasteiger partial charge in [-0.05, 0) is 24.6 Å². The number of nitrogens with two attached hydrogens (primary N) is 1. The molecule has 0 spiro atoms. The third-order valence-corrected chi connectivity index (χ3v) is 6.01. The minimum atomic E-state index is -4.91. The highest BCUT2D eigenvalue weighted by Gasteiger charge is 2.41. The molecule has 1 fully saturated rings. The molecular weight excluding hydrogens is 532 g/mol. The van der Waals surface area contributed by atoms with Gasteiger partial charge in [-0.2, -0.15) is 31.4 Å². The van der Waals surface area contributed by atoms with E-state index in [-0.39, 0.29) is 5.56 Å². The first kappa shape index (κ1) is 27.1. The number of anilines is 1. The molecule has 0 unspecified atom stereocenters. The number of fused-ring (bicyclic) bond motifs is 1. The van der Waals surface area contributed by atoms with E-state index in [1.807, 2.05) is 0 Å². The number of nitrogens with zero attached hydrogens (tertiary/aromatic N) is 4. The average molecular weight is 550 g/mol.